The van der Waals surface area contributed by atoms with E-state index in [0.29, 0.717) is 38.2 Å². The molecule has 1 aromatic carbocycles. The molecule has 0 spiro atoms. The third kappa shape index (κ3) is 5.42. The number of rotatable bonds is 4. The summed E-state index contributed by atoms with van der Waals surface area (Å²) < 4.78 is 0.372. The minimum Gasteiger partial charge on any atom is -0.359 e. The number of halogens is 2. The molecular weight excluding hydrogens is 367 g/mol. The van der Waals surface area contributed by atoms with E-state index in [1.54, 1.807) is 25.3 Å². The van der Waals surface area contributed by atoms with Crippen LogP contribution in [0.5, 0.6) is 0 Å². The second kappa shape index (κ2) is 10.2. The molecule has 0 fully saturated rings. The zero-order valence-electron chi connectivity index (χ0n) is 13.5. The first kappa shape index (κ1) is 20.3. The van der Waals surface area contributed by atoms with Crippen LogP contribution in [0.15, 0.2) is 24.3 Å². The maximum atomic E-state index is 10.6. The maximum absolute atomic E-state index is 10.6. The monoisotopic (exact) mass is 384 g/mol. The molecule has 5 nitrogen and oxygen atoms in total. The minimum absolute atomic E-state index is 0.372. The van der Waals surface area contributed by atoms with Crippen LogP contribution >= 0.6 is 35.4 Å². The molecule has 0 atom stereocenters. The molecule has 8 heteroatoms. The Morgan fingerprint density at radius 1 is 1.21 bits per heavy atom. The number of benzene rings is 1. The van der Waals surface area contributed by atoms with Crippen LogP contribution in [0.4, 0.5) is 5.95 Å². The van der Waals surface area contributed by atoms with Gasteiger partial charge in [-0.25, -0.2) is 4.98 Å². The molecule has 2 aromatic rings. The molecule has 0 aliphatic carbocycles. The van der Waals surface area contributed by atoms with Crippen molar-refractivity contribution in [1.82, 2.24) is 15.3 Å². The largest absolute Gasteiger partial charge is 0.359 e. The number of allylic oxidation sites excluding steroid dienone is 1. The van der Waals surface area contributed by atoms with Gasteiger partial charge in [-0.3, -0.25) is 4.79 Å². The molecule has 2 rings (SSSR count). The lowest BCUT2D eigenvalue weighted by molar-refractivity contribution is -0.104. The molecule has 128 valence electrons. The van der Waals surface area contributed by atoms with Crippen LogP contribution in [-0.4, -0.2) is 37.4 Å². The Hall–Kier alpha value is -1.73. The molecule has 0 saturated heterocycles. The van der Waals surface area contributed by atoms with E-state index in [0.717, 1.165) is 5.56 Å². The van der Waals surface area contributed by atoms with Crippen molar-refractivity contribution in [3.63, 3.8) is 0 Å². The normalized spacial score (nSPS) is 10.2. The smallest absolute Gasteiger partial charge is 0.201 e. The third-order valence-electron chi connectivity index (χ3n) is 2.74. The Labute approximate surface area is 156 Å². The average Bonchev–Trinajstić information content (AvgIpc) is 2.56. The van der Waals surface area contributed by atoms with E-state index >= 15 is 0 Å². The number of aromatic nitrogens is 2. The van der Waals surface area contributed by atoms with Crippen molar-refractivity contribution in [2.45, 2.75) is 0 Å². The van der Waals surface area contributed by atoms with Gasteiger partial charge in [-0.05, 0) is 38.4 Å². The molecule has 0 aliphatic heterocycles. The van der Waals surface area contributed by atoms with Crippen molar-refractivity contribution in [1.29, 1.82) is 0 Å². The highest BCUT2D eigenvalue weighted by atomic mass is 35.5. The van der Waals surface area contributed by atoms with Gasteiger partial charge in [0, 0.05) is 18.2 Å². The molecule has 1 aromatic heterocycles. The molecule has 0 aliphatic rings. The highest BCUT2D eigenvalue weighted by Gasteiger charge is 2.10. The van der Waals surface area contributed by atoms with Gasteiger partial charge in [0.25, 0.3) is 0 Å². The van der Waals surface area contributed by atoms with Crippen molar-refractivity contribution in [3.8, 4) is 11.3 Å². The summed E-state index contributed by atoms with van der Waals surface area (Å²) >= 11 is 17.3. The summed E-state index contributed by atoms with van der Waals surface area (Å²) in [5, 5.41) is 6.55. The van der Waals surface area contributed by atoms with Gasteiger partial charge in [0.15, 0.2) is 0 Å². The van der Waals surface area contributed by atoms with Gasteiger partial charge < -0.3 is 15.6 Å². The van der Waals surface area contributed by atoms with Crippen molar-refractivity contribution in [3.05, 3.63) is 44.5 Å². The lowest BCUT2D eigenvalue weighted by Gasteiger charge is -2.10. The Morgan fingerprint density at radius 2 is 1.88 bits per heavy atom. The Balaban J connectivity index is 0.000000891. The highest BCUT2D eigenvalue weighted by molar-refractivity contribution is 7.71. The number of nitrogens with zero attached hydrogens (tertiary/aromatic N) is 1. The number of nitrogens with one attached hydrogen (secondary N) is 3. The van der Waals surface area contributed by atoms with Gasteiger partial charge in [-0.15, -0.1) is 0 Å². The molecule has 0 saturated carbocycles. The summed E-state index contributed by atoms with van der Waals surface area (Å²) in [5.74, 6) is 0.518. The summed E-state index contributed by atoms with van der Waals surface area (Å²) in [5.41, 5.74) is 2.13. The van der Waals surface area contributed by atoms with Gasteiger partial charge in [0.2, 0.25) is 5.95 Å². The standard InChI is InChI=1S/C14H11Cl2N3OS.C2H7N/c1-17-14-18-12(8-4-5-10(15)11(16)7-8)9(3-2-6-20)13(21)19-14;1-3-2/h2-7H,1H3,(H2,17,18,19,21);3H,1-2H3/b3-2+;. The second-order valence-corrected chi connectivity index (χ2v) is 5.75. The number of aldehydes is 1. The number of aromatic amines is 1. The number of carbonyl (C=O) groups excluding carboxylic acids is 1. The van der Waals surface area contributed by atoms with Gasteiger partial charge in [-0.1, -0.05) is 41.5 Å². The molecule has 1 heterocycles. The van der Waals surface area contributed by atoms with E-state index in [2.05, 4.69) is 20.6 Å². The Kier molecular flexibility index (Phi) is 8.63. The summed E-state index contributed by atoms with van der Waals surface area (Å²) in [6.07, 6.45) is 3.65. The first-order chi connectivity index (χ1) is 11.5. The van der Waals surface area contributed by atoms with Crippen LogP contribution in [-0.2, 0) is 4.79 Å². The average molecular weight is 385 g/mol. The van der Waals surface area contributed by atoms with E-state index in [-0.39, 0.29) is 0 Å². The van der Waals surface area contributed by atoms with Gasteiger partial charge >= 0.3 is 0 Å². The van der Waals surface area contributed by atoms with Crippen LogP contribution < -0.4 is 10.6 Å². The SMILES string of the molecule is CNC.CNc1nc(=S)c(/C=C/C=O)c(-c2ccc(Cl)c(Cl)c2)[nH]1. The first-order valence-corrected chi connectivity index (χ1v) is 8.12. The first-order valence-electron chi connectivity index (χ1n) is 6.96. The fourth-order valence-electron chi connectivity index (χ4n) is 1.77. The van der Waals surface area contributed by atoms with E-state index in [1.807, 2.05) is 20.2 Å². The van der Waals surface area contributed by atoms with Crippen LogP contribution in [0, 0.1) is 4.64 Å². The molecular formula is C16H18Cl2N4OS. The molecule has 0 bridgehead atoms. The van der Waals surface area contributed by atoms with E-state index in [9.17, 15) is 4.79 Å². The molecule has 0 amide bonds. The van der Waals surface area contributed by atoms with Crippen molar-refractivity contribution in [2.24, 2.45) is 0 Å². The summed E-state index contributed by atoms with van der Waals surface area (Å²) in [6, 6.07) is 5.23. The predicted molar refractivity (Wildman–Crippen MR) is 105 cm³/mol. The third-order valence-corrected chi connectivity index (χ3v) is 3.79. The number of anilines is 1. The number of carbonyl (C=O) groups is 1. The molecule has 24 heavy (non-hydrogen) atoms. The van der Waals surface area contributed by atoms with Gasteiger partial charge in [0.05, 0.1) is 15.7 Å². The van der Waals surface area contributed by atoms with E-state index in [1.165, 1.54) is 6.08 Å². The topological polar surface area (TPSA) is 69.8 Å². The second-order valence-electron chi connectivity index (χ2n) is 4.55. The highest BCUT2D eigenvalue weighted by Crippen LogP contribution is 2.30. The summed E-state index contributed by atoms with van der Waals surface area (Å²) in [4.78, 5) is 17.9. The van der Waals surface area contributed by atoms with Crippen molar-refractivity contribution < 1.29 is 4.79 Å². The lowest BCUT2D eigenvalue weighted by Crippen LogP contribution is -2.01. The number of hydrogen-bond acceptors (Lipinski definition) is 5. The Bertz CT molecular complexity index is 790. The van der Waals surface area contributed by atoms with Crippen LogP contribution in [0.1, 0.15) is 5.56 Å². The van der Waals surface area contributed by atoms with Gasteiger partial charge in [0.1, 0.15) is 10.9 Å². The van der Waals surface area contributed by atoms with Crippen LogP contribution in [0.3, 0.4) is 0 Å². The minimum atomic E-state index is 0.372. The van der Waals surface area contributed by atoms with Crippen molar-refractivity contribution >= 4 is 53.7 Å². The zero-order valence-corrected chi connectivity index (χ0v) is 15.8. The molecule has 0 unspecified atom stereocenters. The van der Waals surface area contributed by atoms with E-state index < -0.39 is 0 Å². The molecule has 3 N–H and O–H groups in total. The Morgan fingerprint density at radius 3 is 2.42 bits per heavy atom. The summed E-state index contributed by atoms with van der Waals surface area (Å²) in [6.45, 7) is 0. The summed E-state index contributed by atoms with van der Waals surface area (Å²) in [7, 11) is 5.48. The van der Waals surface area contributed by atoms with Gasteiger partial charge in [-0.2, -0.15) is 0 Å². The number of hydrogen-bond donors (Lipinski definition) is 3. The maximum Gasteiger partial charge on any atom is 0.201 e. The molecule has 0 radical (unpaired) electrons. The quantitative estimate of drug-likeness (QED) is 0.418. The predicted octanol–water partition coefficient (Wildman–Crippen LogP) is 4.20. The zero-order chi connectivity index (χ0) is 18.1. The number of H-pyrrole nitrogens is 1. The van der Waals surface area contributed by atoms with Crippen molar-refractivity contribution in [2.75, 3.05) is 26.5 Å². The fraction of sp³-hybridized carbons (Fsp3) is 0.188. The van der Waals surface area contributed by atoms with Crippen LogP contribution in [0.2, 0.25) is 10.0 Å². The lowest BCUT2D eigenvalue weighted by atomic mass is 10.1. The van der Waals surface area contributed by atoms with E-state index in [4.69, 9.17) is 35.4 Å². The fourth-order valence-corrected chi connectivity index (χ4v) is 2.33. The van der Waals surface area contributed by atoms with Crippen LogP contribution in [0.25, 0.3) is 17.3 Å².